The number of H-pyrrole nitrogens is 1. The van der Waals surface area contributed by atoms with Gasteiger partial charge in [-0.3, -0.25) is 10.1 Å². The van der Waals surface area contributed by atoms with Gasteiger partial charge < -0.3 is 4.90 Å². The van der Waals surface area contributed by atoms with Crippen molar-refractivity contribution in [3.8, 4) is 11.1 Å². The predicted molar refractivity (Wildman–Crippen MR) is 64.1 cm³/mol. The fourth-order valence-electron chi connectivity index (χ4n) is 1.62. The van der Waals surface area contributed by atoms with E-state index in [1.807, 2.05) is 18.3 Å². The molecule has 16 heavy (non-hydrogen) atoms. The van der Waals surface area contributed by atoms with E-state index < -0.39 is 0 Å². The Balaban J connectivity index is 2.19. The molecule has 0 aromatic carbocycles. The molecule has 0 fully saturated rings. The van der Waals surface area contributed by atoms with Gasteiger partial charge in [-0.2, -0.15) is 5.10 Å². The molecule has 84 valence electrons. The first-order valence-electron chi connectivity index (χ1n) is 5.35. The zero-order valence-electron chi connectivity index (χ0n) is 9.64. The molecule has 0 saturated heterocycles. The highest BCUT2D eigenvalue weighted by Gasteiger charge is 2.07. The highest BCUT2D eigenvalue weighted by Crippen LogP contribution is 2.21. The number of likely N-dealkylation sites (N-methyl/N-ethyl adjacent to an activating group) is 1. The molecule has 0 radical (unpaired) electrons. The van der Waals surface area contributed by atoms with Crippen LogP contribution >= 0.6 is 0 Å². The van der Waals surface area contributed by atoms with Crippen molar-refractivity contribution in [2.24, 2.45) is 0 Å². The largest absolute Gasteiger partial charge is 0.309 e. The normalized spacial score (nSPS) is 10.9. The number of aromatic amines is 1. The highest BCUT2D eigenvalue weighted by atomic mass is 15.1. The van der Waals surface area contributed by atoms with E-state index in [0.717, 1.165) is 18.5 Å². The lowest BCUT2D eigenvalue weighted by atomic mass is 10.1. The van der Waals surface area contributed by atoms with Gasteiger partial charge in [0.1, 0.15) is 0 Å². The van der Waals surface area contributed by atoms with Gasteiger partial charge in [0, 0.05) is 36.6 Å². The van der Waals surface area contributed by atoms with Crippen LogP contribution in [0.5, 0.6) is 0 Å². The first-order valence-corrected chi connectivity index (χ1v) is 5.35. The molecule has 0 bridgehead atoms. The Hall–Kier alpha value is -1.68. The fourth-order valence-corrected chi connectivity index (χ4v) is 1.62. The van der Waals surface area contributed by atoms with Crippen LogP contribution in [0, 0.1) is 0 Å². The average molecular weight is 216 g/mol. The van der Waals surface area contributed by atoms with Crippen molar-refractivity contribution < 1.29 is 0 Å². The van der Waals surface area contributed by atoms with Gasteiger partial charge in [-0.1, -0.05) is 0 Å². The first kappa shape index (κ1) is 10.8. The molecule has 0 amide bonds. The van der Waals surface area contributed by atoms with E-state index in [4.69, 9.17) is 0 Å². The molecule has 2 aromatic heterocycles. The number of hydrogen-bond acceptors (Lipinski definition) is 3. The van der Waals surface area contributed by atoms with E-state index in [0.29, 0.717) is 0 Å². The summed E-state index contributed by atoms with van der Waals surface area (Å²) in [5, 5.41) is 7.18. The third kappa shape index (κ3) is 2.46. The third-order valence-corrected chi connectivity index (χ3v) is 2.52. The molecule has 2 aromatic rings. The molecule has 0 atom stereocenters. The molecule has 0 aliphatic rings. The maximum atomic E-state index is 4.11. The van der Waals surface area contributed by atoms with E-state index in [-0.39, 0.29) is 0 Å². The highest BCUT2D eigenvalue weighted by molar-refractivity contribution is 5.64. The summed E-state index contributed by atoms with van der Waals surface area (Å²) >= 11 is 0. The number of hydrogen-bond donors (Lipinski definition) is 1. The second-order valence-electron chi connectivity index (χ2n) is 4.05. The summed E-state index contributed by atoms with van der Waals surface area (Å²) in [6.45, 7) is 1.01. The van der Waals surface area contributed by atoms with Crippen molar-refractivity contribution in [3.05, 3.63) is 36.4 Å². The molecule has 0 saturated carbocycles. The minimum Gasteiger partial charge on any atom is -0.309 e. The van der Waals surface area contributed by atoms with E-state index in [1.54, 1.807) is 12.4 Å². The second kappa shape index (κ2) is 4.90. The summed E-state index contributed by atoms with van der Waals surface area (Å²) in [5.41, 5.74) is 3.52. The van der Waals surface area contributed by atoms with E-state index >= 15 is 0 Å². The van der Waals surface area contributed by atoms with Gasteiger partial charge in [0.05, 0.1) is 6.20 Å². The van der Waals surface area contributed by atoms with Crippen molar-refractivity contribution in [1.29, 1.82) is 0 Å². The smallest absolute Gasteiger partial charge is 0.0568 e. The van der Waals surface area contributed by atoms with Gasteiger partial charge in [-0.05, 0) is 31.8 Å². The van der Waals surface area contributed by atoms with Gasteiger partial charge >= 0.3 is 0 Å². The number of nitrogens with zero attached hydrogens (tertiary/aromatic N) is 3. The molecule has 0 aliphatic heterocycles. The summed E-state index contributed by atoms with van der Waals surface area (Å²) in [4.78, 5) is 6.18. The van der Waals surface area contributed by atoms with Gasteiger partial charge in [0.15, 0.2) is 0 Å². The number of rotatable bonds is 4. The number of nitrogens with one attached hydrogen (secondary N) is 1. The van der Waals surface area contributed by atoms with Crippen LogP contribution < -0.4 is 0 Å². The van der Waals surface area contributed by atoms with Crippen molar-refractivity contribution >= 4 is 0 Å². The average Bonchev–Trinajstić information content (AvgIpc) is 2.75. The Morgan fingerprint density at radius 3 is 2.69 bits per heavy atom. The van der Waals surface area contributed by atoms with Crippen LogP contribution in [0.2, 0.25) is 0 Å². The predicted octanol–water partition coefficient (Wildman–Crippen LogP) is 1.58. The Bertz CT molecular complexity index is 433. The summed E-state index contributed by atoms with van der Waals surface area (Å²) in [6.07, 6.45) is 6.46. The Morgan fingerprint density at radius 2 is 2.00 bits per heavy atom. The van der Waals surface area contributed by atoms with E-state index in [2.05, 4.69) is 34.2 Å². The zero-order chi connectivity index (χ0) is 11.4. The molecule has 2 rings (SSSR count). The molecule has 2 heterocycles. The zero-order valence-corrected chi connectivity index (χ0v) is 9.64. The third-order valence-electron chi connectivity index (χ3n) is 2.52. The number of aromatic nitrogens is 3. The lowest BCUT2D eigenvalue weighted by Gasteiger charge is -2.09. The first-order chi connectivity index (χ1) is 7.77. The summed E-state index contributed by atoms with van der Waals surface area (Å²) in [7, 11) is 4.14. The monoisotopic (exact) mass is 216 g/mol. The van der Waals surface area contributed by atoms with Crippen LogP contribution in [0.4, 0.5) is 0 Å². The molecular weight excluding hydrogens is 200 g/mol. The van der Waals surface area contributed by atoms with Crippen LogP contribution in [0.1, 0.15) is 5.69 Å². The van der Waals surface area contributed by atoms with Crippen molar-refractivity contribution in [2.75, 3.05) is 20.6 Å². The fraction of sp³-hybridized carbons (Fsp3) is 0.333. The summed E-state index contributed by atoms with van der Waals surface area (Å²) < 4.78 is 0. The van der Waals surface area contributed by atoms with Gasteiger partial charge in [-0.15, -0.1) is 0 Å². The lowest BCUT2D eigenvalue weighted by molar-refractivity contribution is 0.412. The number of pyridine rings is 1. The van der Waals surface area contributed by atoms with Crippen molar-refractivity contribution in [3.63, 3.8) is 0 Å². The Morgan fingerprint density at radius 1 is 1.25 bits per heavy atom. The van der Waals surface area contributed by atoms with Crippen molar-refractivity contribution in [1.82, 2.24) is 20.1 Å². The molecular formula is C12H16N4. The minimum atomic E-state index is 0.977. The lowest BCUT2D eigenvalue weighted by Crippen LogP contribution is -2.15. The van der Waals surface area contributed by atoms with Crippen LogP contribution in [0.25, 0.3) is 11.1 Å². The maximum Gasteiger partial charge on any atom is 0.0568 e. The van der Waals surface area contributed by atoms with E-state index in [1.165, 1.54) is 11.3 Å². The SMILES string of the molecule is CN(C)CCc1[nH]ncc1-c1ccncc1. The van der Waals surface area contributed by atoms with E-state index in [9.17, 15) is 0 Å². The van der Waals surface area contributed by atoms with Gasteiger partial charge in [-0.25, -0.2) is 0 Å². The topological polar surface area (TPSA) is 44.8 Å². The van der Waals surface area contributed by atoms with Crippen LogP contribution in [-0.4, -0.2) is 40.7 Å². The van der Waals surface area contributed by atoms with Crippen LogP contribution in [0.15, 0.2) is 30.7 Å². The molecule has 1 N–H and O–H groups in total. The van der Waals surface area contributed by atoms with Gasteiger partial charge in [0.2, 0.25) is 0 Å². The van der Waals surface area contributed by atoms with Crippen molar-refractivity contribution in [2.45, 2.75) is 6.42 Å². The molecule has 4 heteroatoms. The molecule has 0 spiro atoms. The van der Waals surface area contributed by atoms with Gasteiger partial charge in [0.25, 0.3) is 0 Å². The molecule has 0 aliphatic carbocycles. The molecule has 4 nitrogen and oxygen atoms in total. The standard InChI is InChI=1S/C12H16N4/c1-16(2)8-5-12-11(9-14-15-12)10-3-6-13-7-4-10/h3-4,6-7,9H,5,8H2,1-2H3,(H,14,15). The summed E-state index contributed by atoms with van der Waals surface area (Å²) in [6, 6.07) is 4.01. The second-order valence-corrected chi connectivity index (χ2v) is 4.05. The minimum absolute atomic E-state index is 0.977. The quantitative estimate of drug-likeness (QED) is 0.843. The summed E-state index contributed by atoms with van der Waals surface area (Å²) in [5.74, 6) is 0. The maximum absolute atomic E-state index is 4.11. The van der Waals surface area contributed by atoms with Crippen LogP contribution in [-0.2, 0) is 6.42 Å². The Labute approximate surface area is 95.3 Å². The Kier molecular flexibility index (Phi) is 3.31. The van der Waals surface area contributed by atoms with Crippen LogP contribution in [0.3, 0.4) is 0 Å². The molecule has 0 unspecified atom stereocenters.